The van der Waals surface area contributed by atoms with Gasteiger partial charge in [0.15, 0.2) is 0 Å². The first-order valence-electron chi connectivity index (χ1n) is 12.7. The number of amides is 1. The molecule has 0 spiro atoms. The Hall–Kier alpha value is -2.95. The predicted molar refractivity (Wildman–Crippen MR) is 137 cm³/mol. The van der Waals surface area contributed by atoms with Crippen LogP contribution in [0.5, 0.6) is 0 Å². The number of rotatable bonds is 7. The number of nitrogens with zero attached hydrogens (tertiary/aromatic N) is 2. The van der Waals surface area contributed by atoms with Crippen LogP contribution < -0.4 is 5.32 Å². The highest BCUT2D eigenvalue weighted by Gasteiger charge is 2.16. The molecule has 4 heteroatoms. The molecule has 3 aromatic rings. The molecule has 4 nitrogen and oxygen atoms in total. The van der Waals surface area contributed by atoms with Crippen molar-refractivity contribution in [3.63, 3.8) is 0 Å². The third kappa shape index (κ3) is 5.94. The molecule has 2 aliphatic heterocycles. The largest absolute Gasteiger partial charge is 0.348 e. The summed E-state index contributed by atoms with van der Waals surface area (Å²) in [5, 5.41) is 3.07. The minimum absolute atomic E-state index is 0.0134. The Labute approximate surface area is 203 Å². The fourth-order valence-corrected chi connectivity index (χ4v) is 5.13. The molecule has 176 valence electrons. The van der Waals surface area contributed by atoms with E-state index in [1.807, 2.05) is 12.1 Å². The van der Waals surface area contributed by atoms with Crippen molar-refractivity contribution >= 4 is 5.91 Å². The molecule has 0 unspecified atom stereocenters. The molecule has 0 bridgehead atoms. The molecule has 0 radical (unpaired) electrons. The topological polar surface area (TPSA) is 35.6 Å². The van der Waals surface area contributed by atoms with E-state index in [-0.39, 0.29) is 5.91 Å². The molecule has 0 atom stereocenters. The maximum Gasteiger partial charge on any atom is 0.251 e. The highest BCUT2D eigenvalue weighted by atomic mass is 16.1. The lowest BCUT2D eigenvalue weighted by Gasteiger charge is -2.28. The van der Waals surface area contributed by atoms with Crippen LogP contribution in [-0.2, 0) is 32.6 Å². The van der Waals surface area contributed by atoms with E-state index in [4.69, 9.17) is 0 Å². The van der Waals surface area contributed by atoms with Crippen molar-refractivity contribution in [1.29, 1.82) is 0 Å². The summed E-state index contributed by atoms with van der Waals surface area (Å²) in [4.78, 5) is 17.6. The van der Waals surface area contributed by atoms with Gasteiger partial charge in [0, 0.05) is 38.3 Å². The van der Waals surface area contributed by atoms with Crippen molar-refractivity contribution in [2.45, 2.75) is 51.9 Å². The fraction of sp³-hybridized carbons (Fsp3) is 0.367. The number of nitrogens with one attached hydrogen (secondary N) is 1. The summed E-state index contributed by atoms with van der Waals surface area (Å²) in [6.07, 6.45) is 5.08. The van der Waals surface area contributed by atoms with Gasteiger partial charge in [-0.05, 0) is 72.3 Å². The number of carbonyl (C=O) groups excluding carboxylic acids is 1. The SMILES string of the molecule is O=C(NCc1ccc(CN2CCc3ccccc3C2)cc1)c1ccc(CN2CCCCC2)cc1. The minimum atomic E-state index is -0.0134. The average Bonchev–Trinajstić information content (AvgIpc) is 2.89. The quantitative estimate of drug-likeness (QED) is 0.537. The van der Waals surface area contributed by atoms with Crippen molar-refractivity contribution in [2.24, 2.45) is 0 Å². The van der Waals surface area contributed by atoms with Crippen LogP contribution in [0, 0.1) is 0 Å². The van der Waals surface area contributed by atoms with Crippen molar-refractivity contribution in [3.8, 4) is 0 Å². The Kier molecular flexibility index (Phi) is 7.37. The number of likely N-dealkylation sites (tertiary alicyclic amines) is 1. The van der Waals surface area contributed by atoms with Crippen LogP contribution >= 0.6 is 0 Å². The van der Waals surface area contributed by atoms with Crippen molar-refractivity contribution < 1.29 is 4.79 Å². The maximum absolute atomic E-state index is 12.6. The highest BCUT2D eigenvalue weighted by molar-refractivity contribution is 5.94. The molecule has 1 saturated heterocycles. The summed E-state index contributed by atoms with van der Waals surface area (Å²) < 4.78 is 0. The molecule has 0 saturated carbocycles. The van der Waals surface area contributed by atoms with E-state index in [9.17, 15) is 4.79 Å². The third-order valence-corrected chi connectivity index (χ3v) is 7.16. The monoisotopic (exact) mass is 453 g/mol. The van der Waals surface area contributed by atoms with Gasteiger partial charge in [0.25, 0.3) is 5.91 Å². The predicted octanol–water partition coefficient (Wildman–Crippen LogP) is 5.16. The molecule has 5 rings (SSSR count). The molecular weight excluding hydrogens is 418 g/mol. The molecule has 0 aromatic heterocycles. The molecule has 34 heavy (non-hydrogen) atoms. The second-order valence-corrected chi connectivity index (χ2v) is 9.76. The number of carbonyl (C=O) groups is 1. The summed E-state index contributed by atoms with van der Waals surface area (Å²) >= 11 is 0. The molecule has 1 amide bonds. The normalized spacial score (nSPS) is 16.7. The van der Waals surface area contributed by atoms with E-state index in [1.54, 1.807) is 0 Å². The lowest BCUT2D eigenvalue weighted by molar-refractivity contribution is 0.0951. The summed E-state index contributed by atoms with van der Waals surface area (Å²) in [5.74, 6) is -0.0134. The molecule has 2 heterocycles. The van der Waals surface area contributed by atoms with E-state index in [1.165, 1.54) is 54.6 Å². The Morgan fingerprint density at radius 3 is 2.03 bits per heavy atom. The van der Waals surface area contributed by atoms with Gasteiger partial charge in [0.1, 0.15) is 0 Å². The van der Waals surface area contributed by atoms with Crippen LogP contribution in [0.2, 0.25) is 0 Å². The Morgan fingerprint density at radius 1 is 0.676 bits per heavy atom. The zero-order chi connectivity index (χ0) is 23.2. The van der Waals surface area contributed by atoms with E-state index in [0.717, 1.165) is 43.7 Å². The maximum atomic E-state index is 12.6. The number of piperidine rings is 1. The standard InChI is InChI=1S/C30H35N3O/c34-30(28-14-12-26(13-15-28)21-32-17-4-1-5-18-32)31-20-24-8-10-25(11-9-24)22-33-19-16-27-6-2-3-7-29(27)23-33/h2-3,6-15H,1,4-5,16-23H2,(H,31,34). The lowest BCUT2D eigenvalue weighted by atomic mass is 9.99. The van der Waals surface area contributed by atoms with Gasteiger partial charge >= 0.3 is 0 Å². The van der Waals surface area contributed by atoms with Crippen LogP contribution in [0.15, 0.2) is 72.8 Å². The van der Waals surface area contributed by atoms with Gasteiger partial charge < -0.3 is 5.32 Å². The molecule has 3 aromatic carbocycles. The summed E-state index contributed by atoms with van der Waals surface area (Å²) in [5.41, 5.74) is 7.39. The summed E-state index contributed by atoms with van der Waals surface area (Å²) in [7, 11) is 0. The number of hydrogen-bond donors (Lipinski definition) is 1. The molecule has 1 fully saturated rings. The van der Waals surface area contributed by atoms with Crippen LogP contribution in [0.3, 0.4) is 0 Å². The average molecular weight is 454 g/mol. The van der Waals surface area contributed by atoms with Gasteiger partial charge in [-0.2, -0.15) is 0 Å². The molecule has 1 N–H and O–H groups in total. The van der Waals surface area contributed by atoms with E-state index in [2.05, 4.69) is 75.8 Å². The first-order valence-corrected chi connectivity index (χ1v) is 12.7. The van der Waals surface area contributed by atoms with Gasteiger partial charge in [0.05, 0.1) is 0 Å². The summed E-state index contributed by atoms with van der Waals surface area (Å²) in [6.45, 7) is 6.99. The first-order chi connectivity index (χ1) is 16.7. The highest BCUT2D eigenvalue weighted by Crippen LogP contribution is 2.20. The van der Waals surface area contributed by atoms with Crippen molar-refractivity contribution in [1.82, 2.24) is 15.1 Å². The smallest absolute Gasteiger partial charge is 0.251 e. The molecule has 0 aliphatic carbocycles. The van der Waals surface area contributed by atoms with Crippen LogP contribution in [0.4, 0.5) is 0 Å². The van der Waals surface area contributed by atoms with E-state index >= 15 is 0 Å². The Bertz CT molecular complexity index is 1080. The van der Waals surface area contributed by atoms with Crippen LogP contribution in [0.25, 0.3) is 0 Å². The van der Waals surface area contributed by atoms with Gasteiger partial charge in [0.2, 0.25) is 0 Å². The Morgan fingerprint density at radius 2 is 1.29 bits per heavy atom. The lowest BCUT2D eigenvalue weighted by Crippen LogP contribution is -2.30. The first kappa shape index (κ1) is 22.8. The number of fused-ring (bicyclic) bond motifs is 1. The van der Waals surface area contributed by atoms with Gasteiger partial charge in [-0.25, -0.2) is 0 Å². The van der Waals surface area contributed by atoms with Gasteiger partial charge in [-0.3, -0.25) is 14.6 Å². The van der Waals surface area contributed by atoms with Crippen LogP contribution in [0.1, 0.15) is 57.4 Å². The van der Waals surface area contributed by atoms with Gasteiger partial charge in [-0.1, -0.05) is 67.1 Å². The number of benzene rings is 3. The zero-order valence-electron chi connectivity index (χ0n) is 20.0. The third-order valence-electron chi connectivity index (χ3n) is 7.16. The second-order valence-electron chi connectivity index (χ2n) is 9.76. The van der Waals surface area contributed by atoms with E-state index in [0.29, 0.717) is 6.54 Å². The molecular formula is C30H35N3O. The zero-order valence-corrected chi connectivity index (χ0v) is 20.0. The minimum Gasteiger partial charge on any atom is -0.348 e. The van der Waals surface area contributed by atoms with Gasteiger partial charge in [-0.15, -0.1) is 0 Å². The Balaban J connectivity index is 1.09. The summed E-state index contributed by atoms with van der Waals surface area (Å²) in [6, 6.07) is 25.5. The molecule has 2 aliphatic rings. The van der Waals surface area contributed by atoms with Crippen molar-refractivity contribution in [3.05, 3.63) is 106 Å². The van der Waals surface area contributed by atoms with E-state index < -0.39 is 0 Å². The second kappa shape index (κ2) is 11.0. The fourth-order valence-electron chi connectivity index (χ4n) is 5.13. The van der Waals surface area contributed by atoms with Crippen LogP contribution in [-0.4, -0.2) is 35.3 Å². The van der Waals surface area contributed by atoms with Crippen molar-refractivity contribution in [2.75, 3.05) is 19.6 Å². The number of hydrogen-bond acceptors (Lipinski definition) is 3.